The number of hydrogen-bond acceptors (Lipinski definition) is 8. The summed E-state index contributed by atoms with van der Waals surface area (Å²) >= 11 is 0. The first-order chi connectivity index (χ1) is 23.1. The molecular formula is C41H60O8. The Morgan fingerprint density at radius 3 is 1.92 bits per heavy atom. The van der Waals surface area contributed by atoms with Crippen molar-refractivity contribution < 1.29 is 39.1 Å². The second-order valence-electron chi connectivity index (χ2n) is 13.4. The smallest absolute Gasteiger partial charge is 0.336 e. The number of esters is 2. The van der Waals surface area contributed by atoms with Gasteiger partial charge in [-0.2, -0.15) is 0 Å². The Bertz CT molecular complexity index is 1330. The molecule has 8 heteroatoms. The molecule has 1 fully saturated rings. The zero-order chi connectivity index (χ0) is 36.9. The molecule has 1 saturated heterocycles. The van der Waals surface area contributed by atoms with Crippen LogP contribution in [-0.4, -0.2) is 64.6 Å². The van der Waals surface area contributed by atoms with E-state index in [9.17, 15) is 24.9 Å². The summed E-state index contributed by atoms with van der Waals surface area (Å²) in [5.74, 6) is -1.18. The van der Waals surface area contributed by atoms with E-state index in [-0.39, 0.29) is 24.5 Å². The Morgan fingerprint density at radius 2 is 1.29 bits per heavy atom. The average molecular weight is 681 g/mol. The highest BCUT2D eigenvalue weighted by molar-refractivity contribution is 5.88. The zero-order valence-corrected chi connectivity index (χ0v) is 31.0. The number of ether oxygens (including phenoxy) is 3. The monoisotopic (exact) mass is 680 g/mol. The molecule has 0 amide bonds. The Labute approximate surface area is 294 Å². The lowest BCUT2D eigenvalue weighted by atomic mass is 9.99. The van der Waals surface area contributed by atoms with Crippen molar-refractivity contribution in [3.63, 3.8) is 0 Å². The molecule has 1 heterocycles. The normalized spacial score (nSPS) is 23.2. The van der Waals surface area contributed by atoms with Gasteiger partial charge in [-0.05, 0) is 80.1 Å². The van der Waals surface area contributed by atoms with Gasteiger partial charge in [0.25, 0.3) is 0 Å². The fourth-order valence-corrected chi connectivity index (χ4v) is 4.54. The highest BCUT2D eigenvalue weighted by Crippen LogP contribution is 2.23. The fourth-order valence-electron chi connectivity index (χ4n) is 4.54. The summed E-state index contributed by atoms with van der Waals surface area (Å²) in [6.45, 7) is 17.5. The van der Waals surface area contributed by atoms with Crippen molar-refractivity contribution in [2.45, 2.75) is 125 Å². The molecule has 0 aliphatic carbocycles. The average Bonchev–Trinajstić information content (AvgIpc) is 3.02. The van der Waals surface area contributed by atoms with Crippen LogP contribution in [0.2, 0.25) is 0 Å². The maximum atomic E-state index is 12.6. The number of hydrogen-bond donors (Lipinski definition) is 3. The van der Waals surface area contributed by atoms with Crippen LogP contribution in [0.3, 0.4) is 0 Å². The van der Waals surface area contributed by atoms with E-state index in [1.54, 1.807) is 19.1 Å². The van der Waals surface area contributed by atoms with Crippen LogP contribution in [-0.2, 0) is 23.8 Å². The molecule has 8 nitrogen and oxygen atoms in total. The molecule has 0 aromatic heterocycles. The van der Waals surface area contributed by atoms with Gasteiger partial charge < -0.3 is 29.5 Å². The van der Waals surface area contributed by atoms with Crippen molar-refractivity contribution in [2.24, 2.45) is 5.92 Å². The van der Waals surface area contributed by atoms with Crippen LogP contribution < -0.4 is 0 Å². The summed E-state index contributed by atoms with van der Waals surface area (Å²) in [7, 11) is 0. The van der Waals surface area contributed by atoms with Crippen LogP contribution in [0.4, 0.5) is 0 Å². The quantitative estimate of drug-likeness (QED) is 0.0579. The number of rotatable bonds is 18. The van der Waals surface area contributed by atoms with E-state index in [4.69, 9.17) is 14.2 Å². The van der Waals surface area contributed by atoms with Crippen molar-refractivity contribution in [2.75, 3.05) is 6.61 Å². The molecule has 0 radical (unpaired) electrons. The van der Waals surface area contributed by atoms with Crippen LogP contribution in [0, 0.1) is 5.92 Å². The Kier molecular flexibility index (Phi) is 21.1. The molecule has 0 saturated carbocycles. The lowest BCUT2D eigenvalue weighted by Gasteiger charge is -2.39. The maximum absolute atomic E-state index is 12.6. The third-order valence-electron chi connectivity index (χ3n) is 7.59. The van der Waals surface area contributed by atoms with Gasteiger partial charge in [-0.15, -0.1) is 0 Å². The molecule has 272 valence electrons. The van der Waals surface area contributed by atoms with Gasteiger partial charge in [0.1, 0.15) is 31.0 Å². The third kappa shape index (κ3) is 19.3. The molecule has 0 bridgehead atoms. The van der Waals surface area contributed by atoms with Gasteiger partial charge in [0.05, 0.1) is 0 Å². The molecule has 5 atom stereocenters. The number of carbonyl (C=O) groups excluding carboxylic acids is 2. The van der Waals surface area contributed by atoms with Gasteiger partial charge in [0.2, 0.25) is 6.29 Å². The summed E-state index contributed by atoms with van der Waals surface area (Å²) < 4.78 is 15.9. The Hall–Kier alpha value is -3.56. The van der Waals surface area contributed by atoms with Crippen molar-refractivity contribution in [1.29, 1.82) is 0 Å². The van der Waals surface area contributed by atoms with Crippen LogP contribution >= 0.6 is 0 Å². The number of carbonyl (C=O) groups is 2. The second kappa shape index (κ2) is 23.7. The molecule has 1 aliphatic rings. The van der Waals surface area contributed by atoms with Crippen LogP contribution in [0.5, 0.6) is 0 Å². The lowest BCUT2D eigenvalue weighted by Crippen LogP contribution is -2.59. The van der Waals surface area contributed by atoms with E-state index in [1.165, 1.54) is 16.7 Å². The zero-order valence-electron chi connectivity index (χ0n) is 31.0. The first kappa shape index (κ1) is 43.5. The van der Waals surface area contributed by atoms with Gasteiger partial charge in [0.15, 0.2) is 0 Å². The van der Waals surface area contributed by atoms with E-state index in [0.717, 1.165) is 36.8 Å². The van der Waals surface area contributed by atoms with Crippen LogP contribution in [0.25, 0.3) is 0 Å². The first-order valence-corrected chi connectivity index (χ1v) is 17.2. The second-order valence-corrected chi connectivity index (χ2v) is 13.4. The number of aliphatic hydroxyl groups is 3. The van der Waals surface area contributed by atoms with E-state index < -0.39 is 42.6 Å². The standard InChI is InChI=1S/C41H60O8/c1-28(2)16-12-19-32(7)22-13-20-30(5)17-10-11-18-31(6)21-14-23-33(8)24-15-25-34(9)40(46)49-41-39(45)38(44)37(43)35(48-41)27-47-36(42)26-29(3)4/h10-11,14-18,21-25,29,35,37-39,41,43-45H,12-13,19-20,26-27H2,1-9H3. The molecule has 5 unspecified atom stereocenters. The highest BCUT2D eigenvalue weighted by atomic mass is 16.7. The highest BCUT2D eigenvalue weighted by Gasteiger charge is 2.46. The molecule has 3 N–H and O–H groups in total. The number of aliphatic hydroxyl groups excluding tert-OH is 3. The molecular weight excluding hydrogens is 620 g/mol. The summed E-state index contributed by atoms with van der Waals surface area (Å²) in [4.78, 5) is 24.5. The molecule has 49 heavy (non-hydrogen) atoms. The van der Waals surface area contributed by atoms with Gasteiger partial charge in [-0.3, -0.25) is 4.79 Å². The van der Waals surface area contributed by atoms with Crippen molar-refractivity contribution in [3.05, 3.63) is 106 Å². The summed E-state index contributed by atoms with van der Waals surface area (Å²) in [6, 6.07) is 0. The third-order valence-corrected chi connectivity index (χ3v) is 7.59. The molecule has 1 rings (SSSR count). The van der Waals surface area contributed by atoms with Gasteiger partial charge in [-0.25, -0.2) is 4.79 Å². The summed E-state index contributed by atoms with van der Waals surface area (Å²) in [5.41, 5.74) is 6.45. The molecule has 0 aromatic carbocycles. The van der Waals surface area contributed by atoms with Crippen LogP contribution in [0.1, 0.15) is 94.4 Å². The minimum absolute atomic E-state index is 0.0810. The summed E-state index contributed by atoms with van der Waals surface area (Å²) in [6.07, 6.45) is 20.9. The van der Waals surface area contributed by atoms with Gasteiger partial charge in [0, 0.05) is 12.0 Å². The van der Waals surface area contributed by atoms with E-state index in [1.807, 2.05) is 58.1 Å². The molecule has 0 spiro atoms. The van der Waals surface area contributed by atoms with Gasteiger partial charge in [-0.1, -0.05) is 115 Å². The van der Waals surface area contributed by atoms with Crippen molar-refractivity contribution in [1.82, 2.24) is 0 Å². The van der Waals surface area contributed by atoms with E-state index >= 15 is 0 Å². The predicted octanol–water partition coefficient (Wildman–Crippen LogP) is 7.85. The minimum Gasteiger partial charge on any atom is -0.463 e. The van der Waals surface area contributed by atoms with E-state index in [0.29, 0.717) is 0 Å². The number of allylic oxidation sites excluding steroid dienone is 17. The van der Waals surface area contributed by atoms with Crippen LogP contribution in [0.15, 0.2) is 106 Å². The fraction of sp³-hybridized carbons (Fsp3) is 0.512. The molecule has 0 aromatic rings. The van der Waals surface area contributed by atoms with Gasteiger partial charge >= 0.3 is 11.9 Å². The lowest BCUT2D eigenvalue weighted by molar-refractivity contribution is -0.292. The van der Waals surface area contributed by atoms with Crippen molar-refractivity contribution in [3.8, 4) is 0 Å². The SMILES string of the molecule is CC(C)=CCCC(C)=CCCC(C)=CC=CC=C(C)C=CC=C(C)C=CC=C(C)C(=O)OC1OC(COC(=O)CC(C)C)C(O)C(O)C1O. The topological polar surface area (TPSA) is 123 Å². The summed E-state index contributed by atoms with van der Waals surface area (Å²) in [5, 5.41) is 30.8. The largest absolute Gasteiger partial charge is 0.463 e. The molecule has 1 aliphatic heterocycles. The first-order valence-electron chi connectivity index (χ1n) is 17.2. The minimum atomic E-state index is -1.68. The maximum Gasteiger partial charge on any atom is 0.336 e. The predicted molar refractivity (Wildman–Crippen MR) is 197 cm³/mol. The Morgan fingerprint density at radius 1 is 0.714 bits per heavy atom. The Balaban J connectivity index is 2.61. The van der Waals surface area contributed by atoms with Crippen molar-refractivity contribution >= 4 is 11.9 Å². The van der Waals surface area contributed by atoms with E-state index in [2.05, 4.69) is 58.1 Å².